The predicted molar refractivity (Wildman–Crippen MR) is 68.2 cm³/mol. The molecule has 0 aliphatic carbocycles. The maximum Gasteiger partial charge on any atom is 0.0627 e. The van der Waals surface area contributed by atoms with Gasteiger partial charge in [0.05, 0.1) is 18.9 Å². The molecule has 1 aromatic rings. The van der Waals surface area contributed by atoms with Crippen molar-refractivity contribution < 1.29 is 4.74 Å². The first-order valence-corrected chi connectivity index (χ1v) is 6.61. The maximum atomic E-state index is 5.34. The minimum atomic E-state index is 0.892. The van der Waals surface area contributed by atoms with Gasteiger partial charge in [-0.1, -0.05) is 6.92 Å². The maximum absolute atomic E-state index is 5.34. The topological polar surface area (TPSA) is 30.3 Å². The Morgan fingerprint density at radius 1 is 1.35 bits per heavy atom. The van der Waals surface area contributed by atoms with Crippen LogP contribution >= 0.6 is 0 Å². The highest BCUT2D eigenvalue weighted by atomic mass is 16.5. The second kappa shape index (κ2) is 6.17. The fourth-order valence-corrected chi connectivity index (χ4v) is 2.33. The lowest BCUT2D eigenvalue weighted by atomic mass is 10.2. The fraction of sp³-hybridized carbons (Fsp3) is 0.769. The molecule has 1 fully saturated rings. The molecule has 4 heteroatoms. The third-order valence-electron chi connectivity index (χ3n) is 3.40. The molecule has 96 valence electrons. The summed E-state index contributed by atoms with van der Waals surface area (Å²) in [7, 11) is 2.03. The molecule has 17 heavy (non-hydrogen) atoms. The number of hydrogen-bond acceptors (Lipinski definition) is 3. The van der Waals surface area contributed by atoms with E-state index in [0.717, 1.165) is 39.1 Å². The van der Waals surface area contributed by atoms with E-state index in [4.69, 9.17) is 4.74 Å². The van der Waals surface area contributed by atoms with Crippen LogP contribution in [0.15, 0.2) is 6.07 Å². The van der Waals surface area contributed by atoms with Crippen LogP contribution in [0.4, 0.5) is 0 Å². The molecule has 0 N–H and O–H groups in total. The Kier molecular flexibility index (Phi) is 4.57. The van der Waals surface area contributed by atoms with E-state index in [1.165, 1.54) is 24.4 Å². The van der Waals surface area contributed by atoms with Gasteiger partial charge in [0.2, 0.25) is 0 Å². The van der Waals surface area contributed by atoms with E-state index in [1.54, 1.807) is 0 Å². The van der Waals surface area contributed by atoms with Crippen molar-refractivity contribution in [3.05, 3.63) is 17.5 Å². The summed E-state index contributed by atoms with van der Waals surface area (Å²) in [6.07, 6.45) is 3.35. The van der Waals surface area contributed by atoms with Crippen LogP contribution < -0.4 is 0 Å². The zero-order chi connectivity index (χ0) is 12.1. The number of ether oxygens (including phenoxy) is 1. The van der Waals surface area contributed by atoms with Crippen molar-refractivity contribution in [1.82, 2.24) is 14.7 Å². The molecule has 0 aromatic carbocycles. The molecule has 4 nitrogen and oxygen atoms in total. The first-order chi connectivity index (χ1) is 8.29. The lowest BCUT2D eigenvalue weighted by molar-refractivity contribution is 0.0374. The standard InChI is InChI=1S/C13H23N3O/c1-3-13-11-12(14-15(13)2)5-4-6-16-7-9-17-10-8-16/h11H,3-10H2,1-2H3. The van der Waals surface area contributed by atoms with Crippen LogP contribution in [0.25, 0.3) is 0 Å². The van der Waals surface area contributed by atoms with Crippen LogP contribution in [-0.4, -0.2) is 47.5 Å². The van der Waals surface area contributed by atoms with Crippen LogP contribution in [0, 0.1) is 0 Å². The van der Waals surface area contributed by atoms with Gasteiger partial charge in [0, 0.05) is 25.8 Å². The summed E-state index contributed by atoms with van der Waals surface area (Å²) in [5, 5.41) is 4.54. The van der Waals surface area contributed by atoms with Gasteiger partial charge < -0.3 is 4.74 Å². The lowest BCUT2D eigenvalue weighted by Gasteiger charge is -2.26. The molecule has 1 aromatic heterocycles. The van der Waals surface area contributed by atoms with E-state index in [0.29, 0.717) is 0 Å². The van der Waals surface area contributed by atoms with E-state index in [2.05, 4.69) is 23.0 Å². The Morgan fingerprint density at radius 3 is 2.76 bits per heavy atom. The smallest absolute Gasteiger partial charge is 0.0627 e. The summed E-state index contributed by atoms with van der Waals surface area (Å²) in [6, 6.07) is 2.24. The number of aryl methyl sites for hydroxylation is 3. The van der Waals surface area contributed by atoms with Gasteiger partial charge in [0.25, 0.3) is 0 Å². The Balaban J connectivity index is 1.73. The first-order valence-electron chi connectivity index (χ1n) is 6.61. The van der Waals surface area contributed by atoms with Crippen LogP contribution in [0.3, 0.4) is 0 Å². The van der Waals surface area contributed by atoms with Crippen molar-refractivity contribution >= 4 is 0 Å². The predicted octanol–water partition coefficient (Wildman–Crippen LogP) is 1.25. The summed E-state index contributed by atoms with van der Waals surface area (Å²) in [5.74, 6) is 0. The van der Waals surface area contributed by atoms with Gasteiger partial charge in [-0.15, -0.1) is 0 Å². The molecule has 1 aliphatic rings. The average Bonchev–Trinajstić information content (AvgIpc) is 2.71. The van der Waals surface area contributed by atoms with Gasteiger partial charge in [-0.05, 0) is 31.9 Å². The summed E-state index contributed by atoms with van der Waals surface area (Å²) in [5.41, 5.74) is 2.56. The normalized spacial score (nSPS) is 17.5. The van der Waals surface area contributed by atoms with Crippen LogP contribution in [0.1, 0.15) is 24.7 Å². The highest BCUT2D eigenvalue weighted by molar-refractivity contribution is 5.10. The highest BCUT2D eigenvalue weighted by Gasteiger charge is 2.10. The average molecular weight is 237 g/mol. The van der Waals surface area contributed by atoms with Crippen molar-refractivity contribution in [3.8, 4) is 0 Å². The Hall–Kier alpha value is -0.870. The van der Waals surface area contributed by atoms with Crippen LogP contribution in [-0.2, 0) is 24.6 Å². The second-order valence-corrected chi connectivity index (χ2v) is 4.66. The van der Waals surface area contributed by atoms with E-state index in [1.807, 2.05) is 11.7 Å². The summed E-state index contributed by atoms with van der Waals surface area (Å²) in [6.45, 7) is 7.30. The van der Waals surface area contributed by atoms with Crippen molar-refractivity contribution in [2.75, 3.05) is 32.8 Å². The number of morpholine rings is 1. The molecule has 0 radical (unpaired) electrons. The number of rotatable bonds is 5. The molecular formula is C13H23N3O. The Morgan fingerprint density at radius 2 is 2.12 bits per heavy atom. The molecule has 1 aliphatic heterocycles. The van der Waals surface area contributed by atoms with Crippen molar-refractivity contribution in [3.63, 3.8) is 0 Å². The molecule has 0 saturated carbocycles. The lowest BCUT2D eigenvalue weighted by Crippen LogP contribution is -2.36. The van der Waals surface area contributed by atoms with Crippen molar-refractivity contribution in [2.24, 2.45) is 7.05 Å². The molecule has 2 rings (SSSR count). The van der Waals surface area contributed by atoms with Gasteiger partial charge in [-0.25, -0.2) is 0 Å². The largest absolute Gasteiger partial charge is 0.379 e. The SMILES string of the molecule is CCc1cc(CCCN2CCOCC2)nn1C. The molecule has 0 bridgehead atoms. The minimum absolute atomic E-state index is 0.892. The summed E-state index contributed by atoms with van der Waals surface area (Å²) in [4.78, 5) is 2.48. The van der Waals surface area contributed by atoms with E-state index in [9.17, 15) is 0 Å². The third kappa shape index (κ3) is 3.54. The number of aromatic nitrogens is 2. The molecule has 0 amide bonds. The van der Waals surface area contributed by atoms with Crippen molar-refractivity contribution in [1.29, 1.82) is 0 Å². The second-order valence-electron chi connectivity index (χ2n) is 4.66. The monoisotopic (exact) mass is 237 g/mol. The van der Waals surface area contributed by atoms with E-state index in [-0.39, 0.29) is 0 Å². The zero-order valence-corrected chi connectivity index (χ0v) is 11.0. The Bertz CT molecular complexity index is 342. The minimum Gasteiger partial charge on any atom is -0.379 e. The molecule has 0 atom stereocenters. The molecule has 0 unspecified atom stereocenters. The third-order valence-corrected chi connectivity index (χ3v) is 3.40. The zero-order valence-electron chi connectivity index (χ0n) is 11.0. The van der Waals surface area contributed by atoms with Gasteiger partial charge in [-0.2, -0.15) is 5.10 Å². The Labute approximate surface area is 104 Å². The first kappa shape index (κ1) is 12.6. The van der Waals surface area contributed by atoms with Gasteiger partial charge in [0.1, 0.15) is 0 Å². The number of hydrogen-bond donors (Lipinski definition) is 0. The molecule has 2 heterocycles. The molecular weight excluding hydrogens is 214 g/mol. The van der Waals surface area contributed by atoms with Gasteiger partial charge in [-0.3, -0.25) is 9.58 Å². The van der Waals surface area contributed by atoms with Gasteiger partial charge >= 0.3 is 0 Å². The summed E-state index contributed by atoms with van der Waals surface area (Å²) >= 11 is 0. The summed E-state index contributed by atoms with van der Waals surface area (Å²) < 4.78 is 7.34. The fourth-order valence-electron chi connectivity index (χ4n) is 2.33. The highest BCUT2D eigenvalue weighted by Crippen LogP contribution is 2.07. The van der Waals surface area contributed by atoms with E-state index >= 15 is 0 Å². The van der Waals surface area contributed by atoms with E-state index < -0.39 is 0 Å². The van der Waals surface area contributed by atoms with Crippen LogP contribution in [0.2, 0.25) is 0 Å². The molecule has 0 spiro atoms. The molecule has 1 saturated heterocycles. The van der Waals surface area contributed by atoms with Gasteiger partial charge in [0.15, 0.2) is 0 Å². The number of nitrogens with zero attached hydrogens (tertiary/aromatic N) is 3. The van der Waals surface area contributed by atoms with Crippen LogP contribution in [0.5, 0.6) is 0 Å². The quantitative estimate of drug-likeness (QED) is 0.772. The van der Waals surface area contributed by atoms with Crippen molar-refractivity contribution in [2.45, 2.75) is 26.2 Å².